The first-order chi connectivity index (χ1) is 9.17. The van der Waals surface area contributed by atoms with Crippen molar-refractivity contribution in [3.63, 3.8) is 0 Å². The number of Topliss-reactive ketones (excluding diaryl/α,β-unsaturated/α-hetero) is 1. The molecule has 0 aliphatic heterocycles. The van der Waals surface area contributed by atoms with Crippen LogP contribution in [0.4, 0.5) is 0 Å². The molecule has 0 heterocycles. The SMILES string of the molecule is COC(=O)CCC(=O)Cc1cccc(OC2CC2)c1. The third-order valence-electron chi connectivity index (χ3n) is 2.96. The third kappa shape index (κ3) is 4.73. The van der Waals surface area contributed by atoms with Crippen LogP contribution in [-0.4, -0.2) is 25.0 Å². The molecule has 0 aromatic heterocycles. The average Bonchev–Trinajstić information content (AvgIpc) is 3.20. The Bertz CT molecular complexity index is 463. The van der Waals surface area contributed by atoms with Gasteiger partial charge in [0.15, 0.2) is 0 Å². The van der Waals surface area contributed by atoms with E-state index in [4.69, 9.17) is 4.74 Å². The lowest BCUT2D eigenvalue weighted by Gasteiger charge is -2.06. The van der Waals surface area contributed by atoms with Gasteiger partial charge in [0.2, 0.25) is 0 Å². The minimum Gasteiger partial charge on any atom is -0.490 e. The predicted octanol–water partition coefficient (Wildman–Crippen LogP) is 2.29. The molecule has 4 heteroatoms. The van der Waals surface area contributed by atoms with Crippen LogP contribution in [0.15, 0.2) is 24.3 Å². The number of carbonyl (C=O) groups is 2. The zero-order valence-electron chi connectivity index (χ0n) is 11.1. The van der Waals surface area contributed by atoms with Crippen LogP contribution >= 0.6 is 0 Å². The second kappa shape index (κ2) is 6.36. The van der Waals surface area contributed by atoms with Gasteiger partial charge in [0.1, 0.15) is 11.5 Å². The summed E-state index contributed by atoms with van der Waals surface area (Å²) in [5, 5.41) is 0. The maximum atomic E-state index is 11.7. The summed E-state index contributed by atoms with van der Waals surface area (Å²) in [5.41, 5.74) is 0.924. The van der Waals surface area contributed by atoms with Crippen LogP contribution in [0.1, 0.15) is 31.2 Å². The number of carbonyl (C=O) groups excluding carboxylic acids is 2. The standard InChI is InChI=1S/C15H18O4/c1-18-15(17)8-5-12(16)9-11-3-2-4-14(10-11)19-13-6-7-13/h2-4,10,13H,5-9H2,1H3. The van der Waals surface area contributed by atoms with Crippen LogP contribution in [0.2, 0.25) is 0 Å². The van der Waals surface area contributed by atoms with E-state index in [2.05, 4.69) is 4.74 Å². The molecule has 0 radical (unpaired) electrons. The molecule has 19 heavy (non-hydrogen) atoms. The Labute approximate surface area is 112 Å². The molecule has 0 unspecified atom stereocenters. The summed E-state index contributed by atoms with van der Waals surface area (Å²) in [6.45, 7) is 0. The number of ketones is 1. The smallest absolute Gasteiger partial charge is 0.305 e. The fourth-order valence-electron chi connectivity index (χ4n) is 1.77. The number of esters is 1. The molecule has 1 aliphatic rings. The Balaban J connectivity index is 1.83. The highest BCUT2D eigenvalue weighted by atomic mass is 16.5. The molecule has 4 nitrogen and oxygen atoms in total. The van der Waals surface area contributed by atoms with Crippen molar-refractivity contribution in [3.05, 3.63) is 29.8 Å². The van der Waals surface area contributed by atoms with E-state index < -0.39 is 0 Å². The second-order valence-corrected chi connectivity index (χ2v) is 4.76. The molecule has 0 saturated heterocycles. The van der Waals surface area contributed by atoms with E-state index in [1.54, 1.807) is 0 Å². The van der Waals surface area contributed by atoms with E-state index in [1.807, 2.05) is 24.3 Å². The maximum absolute atomic E-state index is 11.7. The fraction of sp³-hybridized carbons (Fsp3) is 0.467. The average molecular weight is 262 g/mol. The van der Waals surface area contributed by atoms with Gasteiger partial charge in [-0.05, 0) is 30.5 Å². The van der Waals surface area contributed by atoms with Gasteiger partial charge in [-0.25, -0.2) is 0 Å². The van der Waals surface area contributed by atoms with Gasteiger partial charge < -0.3 is 9.47 Å². The van der Waals surface area contributed by atoms with Gasteiger partial charge in [-0.3, -0.25) is 9.59 Å². The highest BCUT2D eigenvalue weighted by molar-refractivity contribution is 5.84. The second-order valence-electron chi connectivity index (χ2n) is 4.76. The first kappa shape index (κ1) is 13.6. The summed E-state index contributed by atoms with van der Waals surface area (Å²) in [6.07, 6.45) is 3.28. The van der Waals surface area contributed by atoms with Crippen LogP contribution in [0, 0.1) is 0 Å². The number of benzene rings is 1. The highest BCUT2D eigenvalue weighted by Crippen LogP contribution is 2.27. The molecule has 0 N–H and O–H groups in total. The largest absolute Gasteiger partial charge is 0.490 e. The van der Waals surface area contributed by atoms with Gasteiger partial charge in [0.25, 0.3) is 0 Å². The van der Waals surface area contributed by atoms with Crippen molar-refractivity contribution in [2.45, 2.75) is 38.2 Å². The van der Waals surface area contributed by atoms with Crippen molar-refractivity contribution >= 4 is 11.8 Å². The molecule has 0 atom stereocenters. The van der Waals surface area contributed by atoms with Gasteiger partial charge in [-0.1, -0.05) is 12.1 Å². The minimum atomic E-state index is -0.348. The Morgan fingerprint density at radius 2 is 2.05 bits per heavy atom. The van der Waals surface area contributed by atoms with E-state index in [9.17, 15) is 9.59 Å². The van der Waals surface area contributed by atoms with E-state index in [0.717, 1.165) is 24.2 Å². The minimum absolute atomic E-state index is 0.0361. The topological polar surface area (TPSA) is 52.6 Å². The van der Waals surface area contributed by atoms with Crippen LogP contribution in [0.5, 0.6) is 5.75 Å². The molecule has 0 amide bonds. The van der Waals surface area contributed by atoms with Crippen molar-refractivity contribution in [1.29, 1.82) is 0 Å². The lowest BCUT2D eigenvalue weighted by Crippen LogP contribution is -2.08. The summed E-state index contributed by atoms with van der Waals surface area (Å²) in [4.78, 5) is 22.7. The number of methoxy groups -OCH3 is 1. The van der Waals surface area contributed by atoms with Crippen molar-refractivity contribution in [2.75, 3.05) is 7.11 Å². The third-order valence-corrected chi connectivity index (χ3v) is 2.96. The number of hydrogen-bond acceptors (Lipinski definition) is 4. The predicted molar refractivity (Wildman–Crippen MR) is 70.1 cm³/mol. The van der Waals surface area contributed by atoms with Crippen LogP contribution < -0.4 is 4.74 Å². The van der Waals surface area contributed by atoms with Crippen LogP contribution in [0.3, 0.4) is 0 Å². The van der Waals surface area contributed by atoms with E-state index in [1.165, 1.54) is 7.11 Å². The van der Waals surface area contributed by atoms with Crippen LogP contribution in [-0.2, 0) is 20.7 Å². The summed E-state index contributed by atoms with van der Waals surface area (Å²) < 4.78 is 10.2. The first-order valence-corrected chi connectivity index (χ1v) is 6.51. The first-order valence-electron chi connectivity index (χ1n) is 6.51. The van der Waals surface area contributed by atoms with Crippen molar-refractivity contribution in [3.8, 4) is 5.75 Å². The number of hydrogen-bond donors (Lipinski definition) is 0. The monoisotopic (exact) mass is 262 g/mol. The molecule has 0 bridgehead atoms. The summed E-state index contributed by atoms with van der Waals surface area (Å²) in [6, 6.07) is 7.59. The van der Waals surface area contributed by atoms with Crippen LogP contribution in [0.25, 0.3) is 0 Å². The molecule has 2 rings (SSSR count). The molecular weight excluding hydrogens is 244 g/mol. The Hall–Kier alpha value is -1.84. The zero-order valence-corrected chi connectivity index (χ0v) is 11.1. The lowest BCUT2D eigenvalue weighted by molar-refractivity contribution is -0.141. The molecule has 0 spiro atoms. The normalized spacial score (nSPS) is 13.9. The molecule has 1 aromatic carbocycles. The van der Waals surface area contributed by atoms with E-state index in [0.29, 0.717) is 12.5 Å². The van der Waals surface area contributed by atoms with Gasteiger partial charge in [-0.2, -0.15) is 0 Å². The molecule has 1 aliphatic carbocycles. The van der Waals surface area contributed by atoms with Crippen molar-refractivity contribution < 1.29 is 19.1 Å². The van der Waals surface area contributed by atoms with Gasteiger partial charge in [0.05, 0.1) is 19.6 Å². The highest BCUT2D eigenvalue weighted by Gasteiger charge is 2.23. The van der Waals surface area contributed by atoms with Crippen molar-refractivity contribution in [2.24, 2.45) is 0 Å². The zero-order chi connectivity index (χ0) is 13.7. The molecule has 102 valence electrons. The van der Waals surface area contributed by atoms with Gasteiger partial charge in [-0.15, -0.1) is 0 Å². The van der Waals surface area contributed by atoms with Gasteiger partial charge >= 0.3 is 5.97 Å². The Kier molecular flexibility index (Phi) is 4.55. The molecule has 1 fully saturated rings. The maximum Gasteiger partial charge on any atom is 0.305 e. The fourth-order valence-corrected chi connectivity index (χ4v) is 1.77. The lowest BCUT2D eigenvalue weighted by atomic mass is 10.1. The molecule has 1 aromatic rings. The summed E-state index contributed by atoms with van der Waals surface area (Å²) in [5.74, 6) is 0.508. The molecular formula is C15H18O4. The van der Waals surface area contributed by atoms with E-state index in [-0.39, 0.29) is 24.6 Å². The molecule has 1 saturated carbocycles. The Morgan fingerprint density at radius 1 is 1.26 bits per heavy atom. The van der Waals surface area contributed by atoms with Crippen molar-refractivity contribution in [1.82, 2.24) is 0 Å². The number of rotatable bonds is 7. The summed E-state index contributed by atoms with van der Waals surface area (Å²) in [7, 11) is 1.32. The number of ether oxygens (including phenoxy) is 2. The van der Waals surface area contributed by atoms with E-state index >= 15 is 0 Å². The summed E-state index contributed by atoms with van der Waals surface area (Å²) >= 11 is 0. The Morgan fingerprint density at radius 3 is 2.74 bits per heavy atom. The van der Waals surface area contributed by atoms with Gasteiger partial charge in [0, 0.05) is 12.8 Å². The quantitative estimate of drug-likeness (QED) is 0.707.